The van der Waals surface area contributed by atoms with Gasteiger partial charge in [-0.25, -0.2) is 0 Å². The van der Waals surface area contributed by atoms with E-state index in [0.717, 1.165) is 36.8 Å². The van der Waals surface area contributed by atoms with E-state index in [-0.39, 0.29) is 5.41 Å². The highest BCUT2D eigenvalue weighted by molar-refractivity contribution is 7.80. The second-order valence-electron chi connectivity index (χ2n) is 9.29. The minimum atomic E-state index is 0.0263. The molecule has 33 heavy (non-hydrogen) atoms. The van der Waals surface area contributed by atoms with E-state index < -0.39 is 0 Å². The molecule has 2 fully saturated rings. The molecule has 2 N–H and O–H groups in total. The lowest BCUT2D eigenvalue weighted by Crippen LogP contribution is -2.43. The Bertz CT molecular complexity index is 966. The Labute approximate surface area is 207 Å². The molecular formula is C25H34ClN5OS. The van der Waals surface area contributed by atoms with Crippen LogP contribution in [-0.4, -0.2) is 41.3 Å². The topological polar surface area (TPSA) is 62.3 Å². The van der Waals surface area contributed by atoms with Gasteiger partial charge in [0, 0.05) is 35.6 Å². The minimum absolute atomic E-state index is 0.0263. The quantitative estimate of drug-likeness (QED) is 0.506. The third-order valence-electron chi connectivity index (χ3n) is 7.06. The number of piperidine rings is 1. The first-order valence-corrected chi connectivity index (χ1v) is 12.8. The molecule has 8 heteroatoms. The van der Waals surface area contributed by atoms with Crippen LogP contribution in [0, 0.1) is 0 Å². The zero-order valence-electron chi connectivity index (χ0n) is 19.6. The van der Waals surface area contributed by atoms with Crippen LogP contribution in [-0.2, 0) is 5.41 Å². The highest BCUT2D eigenvalue weighted by Crippen LogP contribution is 2.39. The van der Waals surface area contributed by atoms with E-state index >= 15 is 0 Å². The lowest BCUT2D eigenvalue weighted by Gasteiger charge is -2.38. The Morgan fingerprint density at radius 1 is 1.18 bits per heavy atom. The average Bonchev–Trinajstić information content (AvgIpc) is 2.83. The van der Waals surface area contributed by atoms with Crippen molar-refractivity contribution in [2.75, 3.05) is 30.4 Å². The van der Waals surface area contributed by atoms with Gasteiger partial charge in [-0.05, 0) is 68.9 Å². The molecule has 0 unspecified atom stereocenters. The maximum Gasteiger partial charge on any atom is 0.234 e. The van der Waals surface area contributed by atoms with Crippen LogP contribution in [0.4, 0.5) is 11.8 Å². The number of ether oxygens (including phenoxy) is 1. The van der Waals surface area contributed by atoms with Crippen LogP contribution >= 0.6 is 23.8 Å². The van der Waals surface area contributed by atoms with E-state index in [0.29, 0.717) is 23.0 Å². The molecule has 1 aromatic carbocycles. The van der Waals surface area contributed by atoms with Crippen LogP contribution in [0.3, 0.4) is 0 Å². The van der Waals surface area contributed by atoms with Crippen molar-refractivity contribution < 1.29 is 4.74 Å². The third-order valence-corrected chi connectivity index (χ3v) is 7.54. The molecule has 1 saturated heterocycles. The first kappa shape index (κ1) is 24.0. The maximum atomic E-state index is 6.32. The summed E-state index contributed by atoms with van der Waals surface area (Å²) in [5, 5.41) is 7.94. The molecule has 0 amide bonds. The van der Waals surface area contributed by atoms with Crippen molar-refractivity contribution in [3.8, 4) is 5.88 Å². The first-order valence-electron chi connectivity index (χ1n) is 12.0. The molecule has 2 heterocycles. The Balaban J connectivity index is 1.47. The van der Waals surface area contributed by atoms with Gasteiger partial charge in [0.2, 0.25) is 11.8 Å². The molecule has 4 rings (SSSR count). The lowest BCUT2D eigenvalue weighted by atomic mass is 9.69. The zero-order valence-corrected chi connectivity index (χ0v) is 21.1. The van der Waals surface area contributed by atoms with Crippen LogP contribution in [0.25, 0.3) is 0 Å². The van der Waals surface area contributed by atoms with Crippen molar-refractivity contribution in [1.29, 1.82) is 0 Å². The fraction of sp³-hybridized carbons (Fsp3) is 0.560. The van der Waals surface area contributed by atoms with Crippen molar-refractivity contribution in [2.45, 2.75) is 69.7 Å². The normalized spacial score (nSPS) is 20.2. The van der Waals surface area contributed by atoms with Crippen molar-refractivity contribution >= 4 is 40.7 Å². The number of thiocarbonyl (C=S) groups is 1. The number of nitrogens with one attached hydrogen (secondary N) is 2. The van der Waals surface area contributed by atoms with Gasteiger partial charge in [-0.3, -0.25) is 0 Å². The summed E-state index contributed by atoms with van der Waals surface area (Å²) in [6.45, 7) is 3.98. The molecule has 2 aliphatic rings. The van der Waals surface area contributed by atoms with Gasteiger partial charge in [-0.1, -0.05) is 43.0 Å². The molecule has 1 aliphatic heterocycles. The van der Waals surface area contributed by atoms with Gasteiger partial charge in [0.15, 0.2) is 5.11 Å². The fourth-order valence-electron chi connectivity index (χ4n) is 5.17. The Kier molecular flexibility index (Phi) is 7.91. The second-order valence-corrected chi connectivity index (χ2v) is 10.1. The Morgan fingerprint density at radius 3 is 2.73 bits per heavy atom. The van der Waals surface area contributed by atoms with Gasteiger partial charge < -0.3 is 20.3 Å². The SMILES string of the molecule is COc1cc(N2CCCC[C@@H]2C)nc(NC(=S)NCC2(c3cccc(Cl)c3)CCCCC2)n1. The number of rotatable bonds is 6. The minimum Gasteiger partial charge on any atom is -0.481 e. The van der Waals surface area contributed by atoms with Crippen LogP contribution in [0.15, 0.2) is 30.3 Å². The number of anilines is 2. The molecule has 1 aliphatic carbocycles. The predicted molar refractivity (Wildman–Crippen MR) is 140 cm³/mol. The smallest absolute Gasteiger partial charge is 0.234 e. The molecule has 1 atom stereocenters. The molecular weight excluding hydrogens is 454 g/mol. The molecule has 2 aromatic rings. The number of aromatic nitrogens is 2. The molecule has 0 spiro atoms. The monoisotopic (exact) mass is 487 g/mol. The summed E-state index contributed by atoms with van der Waals surface area (Å²) in [6, 6.07) is 10.6. The van der Waals surface area contributed by atoms with E-state index in [4.69, 9.17) is 33.5 Å². The standard InChI is InChI=1S/C25H34ClN5OS/c1-18-9-4-7-14-31(18)21-16-22(32-2)29-23(28-21)30-24(33)27-17-25(12-5-3-6-13-25)19-10-8-11-20(26)15-19/h8,10-11,15-16,18H,3-7,9,12-14,17H2,1-2H3,(H2,27,28,29,30,33)/t18-/m0/s1. The lowest BCUT2D eigenvalue weighted by molar-refractivity contribution is 0.292. The van der Waals surface area contributed by atoms with Gasteiger partial charge in [-0.2, -0.15) is 9.97 Å². The van der Waals surface area contributed by atoms with Gasteiger partial charge >= 0.3 is 0 Å². The molecule has 6 nitrogen and oxygen atoms in total. The number of benzene rings is 1. The van der Waals surface area contributed by atoms with Crippen molar-refractivity contribution in [1.82, 2.24) is 15.3 Å². The predicted octanol–water partition coefficient (Wildman–Crippen LogP) is 5.71. The Hall–Kier alpha value is -2.12. The number of halogens is 1. The van der Waals surface area contributed by atoms with E-state index in [1.807, 2.05) is 18.2 Å². The van der Waals surface area contributed by atoms with Crippen LogP contribution in [0.2, 0.25) is 5.02 Å². The highest BCUT2D eigenvalue weighted by atomic mass is 35.5. The van der Waals surface area contributed by atoms with Crippen LogP contribution in [0.5, 0.6) is 5.88 Å². The van der Waals surface area contributed by atoms with Crippen molar-refractivity contribution in [3.05, 3.63) is 40.9 Å². The number of methoxy groups -OCH3 is 1. The van der Waals surface area contributed by atoms with E-state index in [2.05, 4.69) is 39.6 Å². The summed E-state index contributed by atoms with van der Waals surface area (Å²) in [5.74, 6) is 1.87. The molecule has 1 saturated carbocycles. The first-order chi connectivity index (χ1) is 16.0. The molecule has 178 valence electrons. The zero-order chi connectivity index (χ0) is 23.3. The number of hydrogen-bond acceptors (Lipinski definition) is 5. The third kappa shape index (κ3) is 5.87. The van der Waals surface area contributed by atoms with Gasteiger partial charge in [0.1, 0.15) is 5.82 Å². The summed E-state index contributed by atoms with van der Waals surface area (Å²) in [5.41, 5.74) is 1.31. The fourth-order valence-corrected chi connectivity index (χ4v) is 5.52. The molecule has 0 radical (unpaired) electrons. The van der Waals surface area contributed by atoms with Crippen LogP contribution < -0.4 is 20.3 Å². The second kappa shape index (κ2) is 10.9. The van der Waals surface area contributed by atoms with Crippen molar-refractivity contribution in [2.24, 2.45) is 0 Å². The maximum absolute atomic E-state index is 6.32. The average molecular weight is 488 g/mol. The van der Waals surface area contributed by atoms with Gasteiger partial charge in [0.25, 0.3) is 0 Å². The summed E-state index contributed by atoms with van der Waals surface area (Å²) >= 11 is 12.0. The van der Waals surface area contributed by atoms with Gasteiger partial charge in [-0.15, -0.1) is 0 Å². The largest absolute Gasteiger partial charge is 0.481 e. The summed E-state index contributed by atoms with van der Waals surface area (Å²) in [6.07, 6.45) is 9.54. The van der Waals surface area contributed by atoms with E-state index in [1.165, 1.54) is 44.1 Å². The van der Waals surface area contributed by atoms with Crippen molar-refractivity contribution in [3.63, 3.8) is 0 Å². The van der Waals surface area contributed by atoms with E-state index in [1.54, 1.807) is 7.11 Å². The molecule has 0 bridgehead atoms. The summed E-state index contributed by atoms with van der Waals surface area (Å²) in [4.78, 5) is 11.6. The summed E-state index contributed by atoms with van der Waals surface area (Å²) in [7, 11) is 1.63. The number of hydrogen-bond donors (Lipinski definition) is 2. The summed E-state index contributed by atoms with van der Waals surface area (Å²) < 4.78 is 5.45. The van der Waals surface area contributed by atoms with Crippen LogP contribution in [0.1, 0.15) is 63.9 Å². The molecule has 1 aromatic heterocycles. The number of nitrogens with zero attached hydrogens (tertiary/aromatic N) is 3. The van der Waals surface area contributed by atoms with E-state index in [9.17, 15) is 0 Å². The van der Waals surface area contributed by atoms with Gasteiger partial charge in [0.05, 0.1) is 7.11 Å². The Morgan fingerprint density at radius 2 is 2.00 bits per heavy atom. The highest BCUT2D eigenvalue weighted by Gasteiger charge is 2.34.